The van der Waals surface area contributed by atoms with Gasteiger partial charge in [-0.25, -0.2) is 9.97 Å². The first-order valence-electron chi connectivity index (χ1n) is 9.94. The molecule has 0 aliphatic carbocycles. The number of aromatic amines is 2. The number of amides is 1. The Kier molecular flexibility index (Phi) is 4.36. The van der Waals surface area contributed by atoms with E-state index < -0.39 is 0 Å². The highest BCUT2D eigenvalue weighted by molar-refractivity contribution is 6.07. The molecule has 0 bridgehead atoms. The van der Waals surface area contributed by atoms with Crippen molar-refractivity contribution in [3.63, 3.8) is 0 Å². The van der Waals surface area contributed by atoms with Crippen molar-refractivity contribution in [1.29, 1.82) is 0 Å². The van der Waals surface area contributed by atoms with Crippen LogP contribution in [0, 0.1) is 12.3 Å². The van der Waals surface area contributed by atoms with Gasteiger partial charge in [0, 0.05) is 36.2 Å². The summed E-state index contributed by atoms with van der Waals surface area (Å²) < 4.78 is 0. The minimum absolute atomic E-state index is 0.00385. The maximum Gasteiger partial charge on any atom is 0.234 e. The highest BCUT2D eigenvalue weighted by atomic mass is 16.2. The van der Waals surface area contributed by atoms with Crippen LogP contribution in [0.5, 0.6) is 0 Å². The zero-order valence-electron chi connectivity index (χ0n) is 16.4. The molecule has 1 saturated heterocycles. The Morgan fingerprint density at radius 2 is 2.23 bits per heavy atom. The quantitative estimate of drug-likeness (QED) is 0.458. The average molecular weight is 399 g/mol. The molecule has 4 heterocycles. The topological polar surface area (TPSA) is 117 Å². The summed E-state index contributed by atoms with van der Waals surface area (Å²) in [7, 11) is 0. The third kappa shape index (κ3) is 3.05. The Morgan fingerprint density at radius 1 is 1.33 bits per heavy atom. The monoisotopic (exact) mass is 399 g/mol. The molecule has 5 rings (SSSR count). The largest absolute Gasteiger partial charge is 0.382 e. The molecule has 8 nitrogen and oxygen atoms in total. The number of rotatable bonds is 3. The molecular weight excluding hydrogens is 378 g/mol. The summed E-state index contributed by atoms with van der Waals surface area (Å²) in [4.78, 5) is 26.8. The van der Waals surface area contributed by atoms with Crippen molar-refractivity contribution < 1.29 is 4.79 Å². The van der Waals surface area contributed by atoms with Crippen molar-refractivity contribution in [2.45, 2.75) is 25.2 Å². The van der Waals surface area contributed by atoms with Crippen molar-refractivity contribution in [2.75, 3.05) is 18.8 Å². The van der Waals surface area contributed by atoms with E-state index in [9.17, 15) is 4.79 Å². The molecule has 1 fully saturated rings. The number of imidazole rings is 1. The summed E-state index contributed by atoms with van der Waals surface area (Å²) in [5, 5.41) is 8.01. The van der Waals surface area contributed by atoms with Gasteiger partial charge in [0.15, 0.2) is 5.82 Å². The SMILES string of the molecule is C#CCC(=O)N1CCC[C@@H](c2nc3c(N)nc4cc(-c5cc[nH]n5)ccc4c3[nH]2)C1. The van der Waals surface area contributed by atoms with Gasteiger partial charge in [0.1, 0.15) is 11.3 Å². The molecule has 0 spiro atoms. The Bertz CT molecular complexity index is 1280. The van der Waals surface area contributed by atoms with Crippen LogP contribution in [-0.2, 0) is 4.79 Å². The standard InChI is InChI=1S/C22H21N7O/c1-2-4-18(30)29-10-3-5-14(12-29)22-26-19-15-7-6-13(16-8-9-24-28-16)11-17(15)25-21(23)20(19)27-22/h1,6-9,11,14H,3-5,10,12H2,(H2,23,25)(H,24,28)(H,26,27)/t14-/m1/s1. The van der Waals surface area contributed by atoms with E-state index in [0.29, 0.717) is 17.9 Å². The fourth-order valence-electron chi connectivity index (χ4n) is 4.19. The molecule has 0 saturated carbocycles. The Hall–Kier alpha value is -3.86. The second kappa shape index (κ2) is 7.19. The van der Waals surface area contributed by atoms with Crippen molar-refractivity contribution >= 4 is 33.7 Å². The summed E-state index contributed by atoms with van der Waals surface area (Å²) in [5.74, 6) is 3.77. The number of piperidine rings is 1. The second-order valence-corrected chi connectivity index (χ2v) is 7.59. The summed E-state index contributed by atoms with van der Waals surface area (Å²) in [6.45, 7) is 1.34. The van der Waals surface area contributed by atoms with Gasteiger partial charge >= 0.3 is 0 Å². The van der Waals surface area contributed by atoms with Crippen LogP contribution < -0.4 is 5.73 Å². The van der Waals surface area contributed by atoms with Gasteiger partial charge in [0.2, 0.25) is 5.91 Å². The van der Waals surface area contributed by atoms with Crippen molar-refractivity contribution in [1.82, 2.24) is 30.0 Å². The van der Waals surface area contributed by atoms with E-state index >= 15 is 0 Å². The molecule has 4 N–H and O–H groups in total. The first-order chi connectivity index (χ1) is 14.6. The number of likely N-dealkylation sites (tertiary alicyclic amines) is 1. The average Bonchev–Trinajstić information content (AvgIpc) is 3.44. The van der Waals surface area contributed by atoms with Gasteiger partial charge in [0.05, 0.1) is 23.1 Å². The molecule has 30 heavy (non-hydrogen) atoms. The molecule has 1 atom stereocenters. The Balaban J connectivity index is 1.53. The molecule has 3 aromatic heterocycles. The number of H-pyrrole nitrogens is 2. The molecule has 1 amide bonds. The van der Waals surface area contributed by atoms with Gasteiger partial charge < -0.3 is 15.6 Å². The lowest BCUT2D eigenvalue weighted by molar-refractivity contribution is -0.131. The van der Waals surface area contributed by atoms with Crippen LogP contribution in [0.1, 0.15) is 31.0 Å². The number of terminal acetylenes is 1. The molecular formula is C22H21N7O. The van der Waals surface area contributed by atoms with E-state index in [-0.39, 0.29) is 18.2 Å². The summed E-state index contributed by atoms with van der Waals surface area (Å²) >= 11 is 0. The number of nitrogens with two attached hydrogens (primary N) is 1. The molecule has 8 heteroatoms. The van der Waals surface area contributed by atoms with E-state index in [4.69, 9.17) is 17.1 Å². The number of pyridine rings is 1. The number of fused-ring (bicyclic) bond motifs is 3. The zero-order valence-corrected chi connectivity index (χ0v) is 16.4. The predicted molar refractivity (Wildman–Crippen MR) is 115 cm³/mol. The number of anilines is 1. The van der Waals surface area contributed by atoms with Crippen LogP contribution in [0.25, 0.3) is 33.2 Å². The minimum Gasteiger partial charge on any atom is -0.382 e. The minimum atomic E-state index is -0.00385. The van der Waals surface area contributed by atoms with Gasteiger partial charge in [-0.05, 0) is 31.0 Å². The number of nitrogens with one attached hydrogen (secondary N) is 2. The van der Waals surface area contributed by atoms with Gasteiger partial charge in [0.25, 0.3) is 0 Å². The number of nitrogens with zero attached hydrogens (tertiary/aromatic N) is 4. The molecule has 0 unspecified atom stereocenters. The lowest BCUT2D eigenvalue weighted by Gasteiger charge is -2.31. The number of benzene rings is 1. The highest BCUT2D eigenvalue weighted by Gasteiger charge is 2.27. The smallest absolute Gasteiger partial charge is 0.234 e. The lowest BCUT2D eigenvalue weighted by Crippen LogP contribution is -2.39. The Morgan fingerprint density at radius 3 is 3.03 bits per heavy atom. The Labute approximate surface area is 172 Å². The van der Waals surface area contributed by atoms with Crippen LogP contribution in [0.2, 0.25) is 0 Å². The van der Waals surface area contributed by atoms with Crippen LogP contribution >= 0.6 is 0 Å². The molecule has 1 aliphatic rings. The molecule has 1 aliphatic heterocycles. The number of hydrogen-bond donors (Lipinski definition) is 3. The summed E-state index contributed by atoms with van der Waals surface area (Å²) in [6.07, 6.45) is 9.09. The van der Waals surface area contributed by atoms with Crippen molar-refractivity contribution in [3.8, 4) is 23.6 Å². The first kappa shape index (κ1) is 18.2. The number of nitrogen functional groups attached to an aromatic ring is 1. The number of hydrogen-bond acceptors (Lipinski definition) is 5. The van der Waals surface area contributed by atoms with Crippen LogP contribution in [0.3, 0.4) is 0 Å². The van der Waals surface area contributed by atoms with Crippen LogP contribution in [0.4, 0.5) is 5.82 Å². The summed E-state index contributed by atoms with van der Waals surface area (Å²) in [5.41, 5.74) is 10.4. The van der Waals surface area contributed by atoms with E-state index in [1.165, 1.54) is 0 Å². The summed E-state index contributed by atoms with van der Waals surface area (Å²) in [6, 6.07) is 7.91. The molecule has 150 valence electrons. The van der Waals surface area contributed by atoms with Crippen molar-refractivity contribution in [3.05, 3.63) is 36.3 Å². The van der Waals surface area contributed by atoms with E-state index in [2.05, 4.69) is 26.1 Å². The fourth-order valence-corrected chi connectivity index (χ4v) is 4.19. The van der Waals surface area contributed by atoms with Crippen molar-refractivity contribution in [2.24, 2.45) is 0 Å². The third-order valence-corrected chi connectivity index (χ3v) is 5.68. The fraction of sp³-hybridized carbons (Fsp3) is 0.273. The normalized spacial score (nSPS) is 16.8. The molecule has 1 aromatic carbocycles. The molecule has 4 aromatic rings. The highest BCUT2D eigenvalue weighted by Crippen LogP contribution is 2.32. The molecule has 0 radical (unpaired) electrons. The third-order valence-electron chi connectivity index (χ3n) is 5.68. The maximum atomic E-state index is 12.2. The zero-order chi connectivity index (χ0) is 20.7. The van der Waals surface area contributed by atoms with E-state index in [1.54, 1.807) is 6.20 Å². The second-order valence-electron chi connectivity index (χ2n) is 7.59. The van der Waals surface area contributed by atoms with Gasteiger partial charge in [-0.1, -0.05) is 12.0 Å². The van der Waals surface area contributed by atoms with E-state index in [1.807, 2.05) is 29.2 Å². The van der Waals surface area contributed by atoms with Gasteiger partial charge in [-0.15, -0.1) is 6.42 Å². The lowest BCUT2D eigenvalue weighted by atomic mass is 9.97. The van der Waals surface area contributed by atoms with Gasteiger partial charge in [-0.3, -0.25) is 9.89 Å². The van der Waals surface area contributed by atoms with Gasteiger partial charge in [-0.2, -0.15) is 5.10 Å². The predicted octanol–water partition coefficient (Wildman–Crippen LogP) is 2.81. The number of aromatic nitrogens is 5. The van der Waals surface area contributed by atoms with Crippen LogP contribution in [0.15, 0.2) is 30.5 Å². The van der Waals surface area contributed by atoms with Crippen LogP contribution in [-0.4, -0.2) is 49.0 Å². The first-order valence-corrected chi connectivity index (χ1v) is 9.94. The van der Waals surface area contributed by atoms with E-state index in [0.717, 1.165) is 52.9 Å². The number of carbonyl (C=O) groups excluding carboxylic acids is 1. The number of carbonyl (C=O) groups is 1. The maximum absolute atomic E-state index is 12.2.